The van der Waals surface area contributed by atoms with Gasteiger partial charge in [-0.3, -0.25) is 9.59 Å². The van der Waals surface area contributed by atoms with Crippen molar-refractivity contribution < 1.29 is 9.59 Å². The Morgan fingerprint density at radius 3 is 2.29 bits per heavy atom. The summed E-state index contributed by atoms with van der Waals surface area (Å²) in [6, 6.07) is 0. The second-order valence-corrected chi connectivity index (χ2v) is 5.23. The molecule has 0 spiro atoms. The van der Waals surface area contributed by atoms with E-state index in [0.717, 1.165) is 12.8 Å². The molecule has 0 radical (unpaired) electrons. The Bertz CT molecular complexity index is 267. The van der Waals surface area contributed by atoms with Gasteiger partial charge >= 0.3 is 0 Å². The van der Waals surface area contributed by atoms with E-state index in [0.29, 0.717) is 38.0 Å². The van der Waals surface area contributed by atoms with Crippen LogP contribution in [0.25, 0.3) is 0 Å². The van der Waals surface area contributed by atoms with Crippen molar-refractivity contribution in [3.05, 3.63) is 0 Å². The number of hydrogen-bond donors (Lipinski definition) is 0. The minimum Gasteiger partial charge on any atom is -0.342 e. The molecule has 1 aliphatic heterocycles. The van der Waals surface area contributed by atoms with Crippen LogP contribution in [0.3, 0.4) is 0 Å². The summed E-state index contributed by atoms with van der Waals surface area (Å²) in [6.07, 6.45) is 7.96. The maximum Gasteiger partial charge on any atom is 0.222 e. The summed E-state index contributed by atoms with van der Waals surface area (Å²) in [5.74, 6) is 0.905. The number of rotatable bonds is 3. The average molecular weight is 238 g/mol. The van der Waals surface area contributed by atoms with Gasteiger partial charge in [-0.25, -0.2) is 0 Å². The summed E-state index contributed by atoms with van der Waals surface area (Å²) in [4.78, 5) is 26.3. The first kappa shape index (κ1) is 12.4. The van der Waals surface area contributed by atoms with Crippen LogP contribution in [0, 0.1) is 5.92 Å². The molecular weight excluding hydrogens is 216 g/mol. The summed E-state index contributed by atoms with van der Waals surface area (Å²) < 4.78 is 0. The zero-order valence-electron chi connectivity index (χ0n) is 10.4. The van der Waals surface area contributed by atoms with Crippen LogP contribution in [0.1, 0.15) is 38.5 Å². The molecule has 0 aromatic heterocycles. The van der Waals surface area contributed by atoms with Crippen molar-refractivity contribution in [1.29, 1.82) is 0 Å². The predicted molar refractivity (Wildman–Crippen MR) is 65.4 cm³/mol. The lowest BCUT2D eigenvalue weighted by Crippen LogP contribution is -2.48. The van der Waals surface area contributed by atoms with Crippen molar-refractivity contribution in [3.63, 3.8) is 0 Å². The first-order chi connectivity index (χ1) is 8.29. The minimum atomic E-state index is 0.294. The minimum absolute atomic E-state index is 0.294. The van der Waals surface area contributed by atoms with E-state index < -0.39 is 0 Å². The summed E-state index contributed by atoms with van der Waals surface area (Å²) in [6.45, 7) is 2.81. The maximum absolute atomic E-state index is 12.1. The molecule has 2 aliphatic rings. The molecule has 0 unspecified atom stereocenters. The smallest absolute Gasteiger partial charge is 0.222 e. The zero-order chi connectivity index (χ0) is 12.1. The number of carbonyl (C=O) groups is 2. The van der Waals surface area contributed by atoms with E-state index in [1.54, 1.807) is 4.90 Å². The summed E-state index contributed by atoms with van der Waals surface area (Å²) in [7, 11) is 0. The average Bonchev–Trinajstić information content (AvgIpc) is 2.40. The highest BCUT2D eigenvalue weighted by Gasteiger charge is 2.23. The lowest BCUT2D eigenvalue weighted by molar-refractivity contribution is -0.136. The monoisotopic (exact) mass is 238 g/mol. The molecule has 1 saturated carbocycles. The Morgan fingerprint density at radius 1 is 1.06 bits per heavy atom. The number of amides is 2. The van der Waals surface area contributed by atoms with Crippen molar-refractivity contribution in [2.45, 2.75) is 38.5 Å². The molecule has 1 saturated heterocycles. The highest BCUT2D eigenvalue weighted by Crippen LogP contribution is 2.26. The van der Waals surface area contributed by atoms with Gasteiger partial charge in [-0.2, -0.15) is 0 Å². The van der Waals surface area contributed by atoms with Crippen LogP contribution in [-0.2, 0) is 9.59 Å². The van der Waals surface area contributed by atoms with E-state index in [9.17, 15) is 9.59 Å². The van der Waals surface area contributed by atoms with Crippen molar-refractivity contribution in [2.75, 3.05) is 26.2 Å². The molecule has 0 aromatic rings. The van der Waals surface area contributed by atoms with E-state index in [-0.39, 0.29) is 0 Å². The van der Waals surface area contributed by atoms with E-state index in [2.05, 4.69) is 0 Å². The van der Waals surface area contributed by atoms with Gasteiger partial charge in [-0.05, 0) is 18.8 Å². The third kappa shape index (κ3) is 3.45. The topological polar surface area (TPSA) is 40.6 Å². The van der Waals surface area contributed by atoms with Gasteiger partial charge in [0, 0.05) is 32.6 Å². The molecule has 0 atom stereocenters. The van der Waals surface area contributed by atoms with Gasteiger partial charge in [0.15, 0.2) is 0 Å². The number of carbonyl (C=O) groups excluding carboxylic acids is 2. The molecule has 0 bridgehead atoms. The van der Waals surface area contributed by atoms with Crippen LogP contribution in [0.15, 0.2) is 0 Å². The number of piperazine rings is 1. The van der Waals surface area contributed by atoms with Gasteiger partial charge in [0.2, 0.25) is 12.3 Å². The molecule has 2 fully saturated rings. The predicted octanol–water partition coefficient (Wildman–Crippen LogP) is 1.26. The standard InChI is InChI=1S/C13H22N2O2/c16-11-14-6-8-15(9-7-14)13(17)10-12-4-2-1-3-5-12/h11-12H,1-10H2. The molecule has 0 aromatic carbocycles. The Balaban J connectivity index is 1.74. The van der Waals surface area contributed by atoms with Crippen LogP contribution in [0.5, 0.6) is 0 Å². The van der Waals surface area contributed by atoms with Gasteiger partial charge in [0.05, 0.1) is 0 Å². The van der Waals surface area contributed by atoms with Gasteiger partial charge in [0.1, 0.15) is 0 Å². The zero-order valence-corrected chi connectivity index (χ0v) is 10.4. The van der Waals surface area contributed by atoms with Gasteiger partial charge in [0.25, 0.3) is 0 Å². The number of hydrogen-bond acceptors (Lipinski definition) is 2. The third-order valence-corrected chi connectivity index (χ3v) is 4.00. The second-order valence-electron chi connectivity index (χ2n) is 5.23. The van der Waals surface area contributed by atoms with Crippen LogP contribution >= 0.6 is 0 Å². The van der Waals surface area contributed by atoms with Gasteiger partial charge in [-0.1, -0.05) is 19.3 Å². The molecule has 1 aliphatic carbocycles. The number of nitrogens with zero attached hydrogens (tertiary/aromatic N) is 2. The quantitative estimate of drug-likeness (QED) is 0.694. The molecule has 2 amide bonds. The highest BCUT2D eigenvalue weighted by atomic mass is 16.2. The molecule has 1 heterocycles. The molecular formula is C13H22N2O2. The summed E-state index contributed by atoms with van der Waals surface area (Å²) >= 11 is 0. The summed E-state index contributed by atoms with van der Waals surface area (Å²) in [5.41, 5.74) is 0. The van der Waals surface area contributed by atoms with E-state index in [4.69, 9.17) is 0 Å². The van der Waals surface area contributed by atoms with Crippen molar-refractivity contribution >= 4 is 12.3 Å². The molecule has 96 valence electrons. The fraction of sp³-hybridized carbons (Fsp3) is 0.846. The lowest BCUT2D eigenvalue weighted by Gasteiger charge is -2.33. The fourth-order valence-corrected chi connectivity index (χ4v) is 2.84. The molecule has 17 heavy (non-hydrogen) atoms. The maximum atomic E-state index is 12.1. The van der Waals surface area contributed by atoms with Crippen LogP contribution in [-0.4, -0.2) is 48.3 Å². The Morgan fingerprint density at radius 2 is 1.71 bits per heavy atom. The van der Waals surface area contributed by atoms with Crippen LogP contribution in [0.2, 0.25) is 0 Å². The summed E-state index contributed by atoms with van der Waals surface area (Å²) in [5, 5.41) is 0. The lowest BCUT2D eigenvalue weighted by atomic mass is 9.86. The first-order valence-corrected chi connectivity index (χ1v) is 6.76. The Labute approximate surface area is 103 Å². The molecule has 4 heteroatoms. The molecule has 0 N–H and O–H groups in total. The Kier molecular flexibility index (Phi) is 4.40. The van der Waals surface area contributed by atoms with E-state index in [1.807, 2.05) is 4.90 Å². The normalized spacial score (nSPS) is 22.6. The van der Waals surface area contributed by atoms with Gasteiger partial charge in [-0.15, -0.1) is 0 Å². The molecule has 4 nitrogen and oxygen atoms in total. The second kappa shape index (κ2) is 6.03. The fourth-order valence-electron chi connectivity index (χ4n) is 2.84. The van der Waals surface area contributed by atoms with Crippen molar-refractivity contribution in [3.8, 4) is 0 Å². The first-order valence-electron chi connectivity index (χ1n) is 6.76. The highest BCUT2D eigenvalue weighted by molar-refractivity contribution is 5.76. The molecule has 2 rings (SSSR count). The Hall–Kier alpha value is -1.06. The van der Waals surface area contributed by atoms with E-state index >= 15 is 0 Å². The van der Waals surface area contributed by atoms with E-state index in [1.165, 1.54) is 32.1 Å². The third-order valence-electron chi connectivity index (χ3n) is 4.00. The largest absolute Gasteiger partial charge is 0.342 e. The SMILES string of the molecule is O=CN1CCN(C(=O)CC2CCCCC2)CC1. The van der Waals surface area contributed by atoms with Crippen LogP contribution in [0.4, 0.5) is 0 Å². The van der Waals surface area contributed by atoms with Crippen molar-refractivity contribution in [2.24, 2.45) is 5.92 Å². The van der Waals surface area contributed by atoms with Gasteiger partial charge < -0.3 is 9.80 Å². The van der Waals surface area contributed by atoms with Crippen molar-refractivity contribution in [1.82, 2.24) is 9.80 Å². The van der Waals surface area contributed by atoms with Crippen LogP contribution < -0.4 is 0 Å².